The second-order valence-electron chi connectivity index (χ2n) is 5.18. The Labute approximate surface area is 112 Å². The van der Waals surface area contributed by atoms with E-state index in [9.17, 15) is 0 Å². The Morgan fingerprint density at radius 3 is 2.83 bits per heavy atom. The molecule has 1 aliphatic rings. The van der Waals surface area contributed by atoms with E-state index in [1.807, 2.05) is 28.9 Å². The van der Waals surface area contributed by atoms with Crippen LogP contribution in [0.4, 0.5) is 0 Å². The summed E-state index contributed by atoms with van der Waals surface area (Å²) in [5.74, 6) is 0.581. The van der Waals surface area contributed by atoms with Crippen molar-refractivity contribution in [2.45, 2.75) is 38.1 Å². The molecule has 0 spiro atoms. The lowest BCUT2D eigenvalue weighted by atomic mass is 9.83. The van der Waals surface area contributed by atoms with Crippen LogP contribution in [0.15, 0.2) is 24.5 Å². The summed E-state index contributed by atoms with van der Waals surface area (Å²) in [6, 6.07) is 3.86. The molecule has 1 atom stereocenters. The van der Waals surface area contributed by atoms with Gasteiger partial charge in [-0.3, -0.25) is 0 Å². The molecule has 0 saturated heterocycles. The number of rotatable bonds is 2. The standard InChI is InChI=1S/C14H18ClN3/c15-11-6-7-13-17-8-12(18(13)9-11)14(16)10-4-2-1-3-5-10/h6-10,14H,1-5,16H2. The van der Waals surface area contributed by atoms with Crippen molar-refractivity contribution in [3.8, 4) is 0 Å². The van der Waals surface area contributed by atoms with Gasteiger partial charge in [0.1, 0.15) is 5.65 Å². The summed E-state index contributed by atoms with van der Waals surface area (Å²) in [7, 11) is 0. The van der Waals surface area contributed by atoms with Crippen molar-refractivity contribution in [1.82, 2.24) is 9.38 Å². The first-order valence-corrected chi connectivity index (χ1v) is 7.01. The molecule has 3 nitrogen and oxygen atoms in total. The second kappa shape index (κ2) is 4.90. The molecule has 1 saturated carbocycles. The Kier molecular flexibility index (Phi) is 3.27. The van der Waals surface area contributed by atoms with Crippen LogP contribution in [0.2, 0.25) is 5.02 Å². The first-order valence-electron chi connectivity index (χ1n) is 6.64. The molecule has 1 unspecified atom stereocenters. The molecule has 2 heterocycles. The highest BCUT2D eigenvalue weighted by atomic mass is 35.5. The van der Waals surface area contributed by atoms with E-state index in [1.54, 1.807) is 0 Å². The van der Waals surface area contributed by atoms with Crippen LogP contribution in [0.5, 0.6) is 0 Å². The zero-order valence-electron chi connectivity index (χ0n) is 10.3. The maximum Gasteiger partial charge on any atom is 0.137 e. The molecule has 4 heteroatoms. The number of fused-ring (bicyclic) bond motifs is 1. The third-order valence-corrected chi connectivity index (χ3v) is 4.22. The predicted molar refractivity (Wildman–Crippen MR) is 73.7 cm³/mol. The van der Waals surface area contributed by atoms with E-state index >= 15 is 0 Å². The summed E-state index contributed by atoms with van der Waals surface area (Å²) in [5.41, 5.74) is 8.43. The van der Waals surface area contributed by atoms with Gasteiger partial charge < -0.3 is 10.1 Å². The molecule has 1 fully saturated rings. The Hall–Kier alpha value is -1.06. The van der Waals surface area contributed by atoms with Gasteiger partial charge in [0.15, 0.2) is 0 Å². The minimum atomic E-state index is 0.0683. The van der Waals surface area contributed by atoms with Crippen LogP contribution < -0.4 is 5.73 Å². The van der Waals surface area contributed by atoms with Crippen LogP contribution in [-0.4, -0.2) is 9.38 Å². The van der Waals surface area contributed by atoms with Gasteiger partial charge in [0.05, 0.1) is 16.9 Å². The molecule has 96 valence electrons. The highest BCUT2D eigenvalue weighted by Gasteiger charge is 2.24. The van der Waals surface area contributed by atoms with Gasteiger partial charge >= 0.3 is 0 Å². The number of imidazole rings is 1. The number of nitrogens with zero attached hydrogens (tertiary/aromatic N) is 2. The smallest absolute Gasteiger partial charge is 0.137 e. The molecule has 0 amide bonds. The Bertz CT molecular complexity index is 543. The molecule has 0 radical (unpaired) electrons. The molecular weight excluding hydrogens is 246 g/mol. The number of pyridine rings is 1. The van der Waals surface area contributed by atoms with Crippen LogP contribution in [0.1, 0.15) is 43.8 Å². The van der Waals surface area contributed by atoms with E-state index < -0.39 is 0 Å². The van der Waals surface area contributed by atoms with Crippen molar-refractivity contribution < 1.29 is 0 Å². The fourth-order valence-electron chi connectivity index (χ4n) is 2.95. The molecule has 3 rings (SSSR count). The maximum atomic E-state index is 6.43. The second-order valence-corrected chi connectivity index (χ2v) is 5.62. The first-order chi connectivity index (χ1) is 8.75. The third kappa shape index (κ3) is 2.13. The minimum absolute atomic E-state index is 0.0683. The summed E-state index contributed by atoms with van der Waals surface area (Å²) in [6.45, 7) is 0. The van der Waals surface area contributed by atoms with Crippen molar-refractivity contribution in [2.24, 2.45) is 11.7 Å². The fraction of sp³-hybridized carbons (Fsp3) is 0.500. The number of halogens is 1. The molecule has 0 bridgehead atoms. The van der Waals surface area contributed by atoms with Gasteiger partial charge in [-0.25, -0.2) is 4.98 Å². The summed E-state index contributed by atoms with van der Waals surface area (Å²) in [4.78, 5) is 4.40. The Balaban J connectivity index is 1.95. The van der Waals surface area contributed by atoms with Gasteiger partial charge in [0, 0.05) is 12.2 Å². The fourth-order valence-corrected chi connectivity index (χ4v) is 3.12. The minimum Gasteiger partial charge on any atom is -0.322 e. The highest BCUT2D eigenvalue weighted by molar-refractivity contribution is 6.30. The summed E-state index contributed by atoms with van der Waals surface area (Å²) in [5, 5.41) is 0.720. The lowest BCUT2D eigenvalue weighted by Crippen LogP contribution is -2.24. The predicted octanol–water partition coefficient (Wildman–Crippen LogP) is 3.57. The monoisotopic (exact) mass is 263 g/mol. The average molecular weight is 264 g/mol. The van der Waals surface area contributed by atoms with Gasteiger partial charge in [-0.2, -0.15) is 0 Å². The quantitative estimate of drug-likeness (QED) is 0.900. The molecular formula is C14H18ClN3. The van der Waals surface area contributed by atoms with Gasteiger partial charge in [-0.05, 0) is 30.9 Å². The van der Waals surface area contributed by atoms with Crippen LogP contribution in [0, 0.1) is 5.92 Å². The molecule has 2 N–H and O–H groups in total. The number of aromatic nitrogens is 2. The first kappa shape index (κ1) is 12.0. The normalized spacial score (nSPS) is 19.2. The van der Waals surface area contributed by atoms with Crippen molar-refractivity contribution in [1.29, 1.82) is 0 Å². The average Bonchev–Trinajstić information content (AvgIpc) is 2.82. The molecule has 0 aliphatic heterocycles. The van der Waals surface area contributed by atoms with Crippen molar-refractivity contribution >= 4 is 17.2 Å². The van der Waals surface area contributed by atoms with E-state index in [0.717, 1.165) is 16.4 Å². The number of nitrogens with two attached hydrogens (primary N) is 1. The van der Waals surface area contributed by atoms with Crippen LogP contribution in [0.3, 0.4) is 0 Å². The van der Waals surface area contributed by atoms with E-state index in [0.29, 0.717) is 5.92 Å². The third-order valence-electron chi connectivity index (χ3n) is 4.00. The van der Waals surface area contributed by atoms with Gasteiger partial charge in [0.2, 0.25) is 0 Å². The number of hydrogen-bond donors (Lipinski definition) is 1. The number of hydrogen-bond acceptors (Lipinski definition) is 2. The Morgan fingerprint density at radius 2 is 2.06 bits per heavy atom. The van der Waals surface area contributed by atoms with Crippen LogP contribution in [-0.2, 0) is 0 Å². The zero-order chi connectivity index (χ0) is 12.5. The van der Waals surface area contributed by atoms with Crippen LogP contribution >= 0.6 is 11.6 Å². The van der Waals surface area contributed by atoms with E-state index in [-0.39, 0.29) is 6.04 Å². The summed E-state index contributed by atoms with van der Waals surface area (Å²) < 4.78 is 2.03. The van der Waals surface area contributed by atoms with Gasteiger partial charge in [-0.1, -0.05) is 30.9 Å². The lowest BCUT2D eigenvalue weighted by molar-refractivity contribution is 0.304. The SMILES string of the molecule is NC(c1cnc2ccc(Cl)cn12)C1CCCCC1. The largest absolute Gasteiger partial charge is 0.322 e. The van der Waals surface area contributed by atoms with E-state index in [4.69, 9.17) is 17.3 Å². The van der Waals surface area contributed by atoms with E-state index in [1.165, 1.54) is 32.1 Å². The van der Waals surface area contributed by atoms with Crippen LogP contribution in [0.25, 0.3) is 5.65 Å². The molecule has 2 aromatic rings. The molecule has 18 heavy (non-hydrogen) atoms. The Morgan fingerprint density at radius 1 is 1.28 bits per heavy atom. The van der Waals surface area contributed by atoms with Crippen molar-refractivity contribution in [2.75, 3.05) is 0 Å². The van der Waals surface area contributed by atoms with E-state index in [2.05, 4.69) is 4.98 Å². The topological polar surface area (TPSA) is 43.3 Å². The molecule has 2 aromatic heterocycles. The highest BCUT2D eigenvalue weighted by Crippen LogP contribution is 2.33. The van der Waals surface area contributed by atoms with Crippen molar-refractivity contribution in [3.63, 3.8) is 0 Å². The maximum absolute atomic E-state index is 6.43. The molecule has 0 aromatic carbocycles. The van der Waals surface area contributed by atoms with Crippen molar-refractivity contribution in [3.05, 3.63) is 35.2 Å². The lowest BCUT2D eigenvalue weighted by Gasteiger charge is -2.27. The molecule has 1 aliphatic carbocycles. The van der Waals surface area contributed by atoms with Gasteiger partial charge in [-0.15, -0.1) is 0 Å². The zero-order valence-corrected chi connectivity index (χ0v) is 11.1. The van der Waals surface area contributed by atoms with Gasteiger partial charge in [0.25, 0.3) is 0 Å². The summed E-state index contributed by atoms with van der Waals surface area (Å²) >= 11 is 6.05. The summed E-state index contributed by atoms with van der Waals surface area (Å²) in [6.07, 6.45) is 10.2.